The third kappa shape index (κ3) is 2.04. The van der Waals surface area contributed by atoms with Gasteiger partial charge in [0.1, 0.15) is 6.04 Å². The fourth-order valence-corrected chi connectivity index (χ4v) is 1.71. The maximum atomic E-state index is 13.5. The second-order valence-electron chi connectivity index (χ2n) is 3.73. The molecule has 0 aromatic carbocycles. The molecule has 4 nitrogen and oxygen atoms in total. The smallest absolute Gasteiger partial charge is 0.251 e. The number of rotatable bonds is 1. The summed E-state index contributed by atoms with van der Waals surface area (Å²) >= 11 is 0. The summed E-state index contributed by atoms with van der Waals surface area (Å²) in [6, 6.07) is -0.243. The van der Waals surface area contributed by atoms with Crippen LogP contribution in [0, 0.1) is 17.6 Å². The number of carbonyl (C=O) groups excluding carboxylic acids is 1. The van der Waals surface area contributed by atoms with Gasteiger partial charge in [0.2, 0.25) is 5.91 Å². The molecule has 1 fully saturated rings. The molecule has 1 saturated heterocycles. The molecule has 0 radical (unpaired) electrons. The average molecular weight is 245 g/mol. The minimum absolute atomic E-state index is 0.294. The van der Waals surface area contributed by atoms with E-state index in [-0.39, 0.29) is 11.7 Å². The quantitative estimate of drug-likeness (QED) is 0.745. The molecule has 1 aromatic heterocycles. The van der Waals surface area contributed by atoms with Crippen LogP contribution in [-0.2, 0) is 4.79 Å². The van der Waals surface area contributed by atoms with E-state index in [9.17, 15) is 18.0 Å². The van der Waals surface area contributed by atoms with Crippen molar-refractivity contribution in [1.29, 1.82) is 0 Å². The lowest BCUT2D eigenvalue weighted by Gasteiger charge is -2.33. The van der Waals surface area contributed by atoms with E-state index in [0.717, 1.165) is 0 Å². The number of halogens is 3. The van der Waals surface area contributed by atoms with Crippen LogP contribution < -0.4 is 10.2 Å². The second-order valence-corrected chi connectivity index (χ2v) is 3.73. The van der Waals surface area contributed by atoms with Gasteiger partial charge in [-0.2, -0.15) is 9.37 Å². The van der Waals surface area contributed by atoms with Crippen LogP contribution in [-0.4, -0.2) is 30.0 Å². The van der Waals surface area contributed by atoms with Crippen LogP contribution in [0.4, 0.5) is 19.0 Å². The molecule has 0 spiro atoms. The molecule has 1 aliphatic heterocycles. The van der Waals surface area contributed by atoms with Crippen LogP contribution in [0.1, 0.15) is 6.92 Å². The molecule has 0 aliphatic carbocycles. The lowest BCUT2D eigenvalue weighted by atomic mass is 10.2. The van der Waals surface area contributed by atoms with Crippen molar-refractivity contribution in [2.75, 3.05) is 18.0 Å². The Kier molecular flexibility index (Phi) is 2.91. The molecule has 1 N–H and O–H groups in total. The average Bonchev–Trinajstić information content (AvgIpc) is 2.28. The third-order valence-electron chi connectivity index (χ3n) is 2.64. The van der Waals surface area contributed by atoms with Crippen molar-refractivity contribution in [3.8, 4) is 0 Å². The molecule has 1 aromatic rings. The Hall–Kier alpha value is -1.79. The van der Waals surface area contributed by atoms with Crippen molar-refractivity contribution in [3.05, 3.63) is 23.6 Å². The van der Waals surface area contributed by atoms with Gasteiger partial charge in [0, 0.05) is 19.2 Å². The van der Waals surface area contributed by atoms with Crippen molar-refractivity contribution < 1.29 is 18.0 Å². The third-order valence-corrected chi connectivity index (χ3v) is 2.64. The van der Waals surface area contributed by atoms with Gasteiger partial charge < -0.3 is 10.2 Å². The minimum atomic E-state index is -1.38. The number of carbonyl (C=O) groups is 1. The molecule has 1 aliphatic rings. The molecule has 0 bridgehead atoms. The number of amides is 1. The van der Waals surface area contributed by atoms with Crippen LogP contribution in [0.15, 0.2) is 6.07 Å². The van der Waals surface area contributed by atoms with Gasteiger partial charge in [-0.3, -0.25) is 4.79 Å². The van der Waals surface area contributed by atoms with E-state index in [0.29, 0.717) is 19.2 Å². The molecule has 17 heavy (non-hydrogen) atoms. The van der Waals surface area contributed by atoms with Gasteiger partial charge in [-0.25, -0.2) is 8.78 Å². The molecule has 2 heterocycles. The second kappa shape index (κ2) is 4.23. The van der Waals surface area contributed by atoms with Crippen molar-refractivity contribution in [1.82, 2.24) is 10.3 Å². The summed E-state index contributed by atoms with van der Waals surface area (Å²) in [4.78, 5) is 15.9. The van der Waals surface area contributed by atoms with Crippen molar-refractivity contribution in [2.45, 2.75) is 13.0 Å². The summed E-state index contributed by atoms with van der Waals surface area (Å²) in [5.74, 6) is -4.35. The SMILES string of the molecule is CC1C(=O)NCCN1c1nc(F)c(F)cc1F. The van der Waals surface area contributed by atoms with E-state index < -0.39 is 23.6 Å². The number of anilines is 1. The molecular weight excluding hydrogens is 235 g/mol. The fourth-order valence-electron chi connectivity index (χ4n) is 1.71. The largest absolute Gasteiger partial charge is 0.353 e. The van der Waals surface area contributed by atoms with E-state index in [1.165, 1.54) is 11.8 Å². The van der Waals surface area contributed by atoms with E-state index in [2.05, 4.69) is 10.3 Å². The van der Waals surface area contributed by atoms with Crippen LogP contribution >= 0.6 is 0 Å². The number of hydrogen-bond donors (Lipinski definition) is 1. The Labute approximate surface area is 95.4 Å². The van der Waals surface area contributed by atoms with Crippen molar-refractivity contribution >= 4 is 11.7 Å². The number of piperazine rings is 1. The minimum Gasteiger partial charge on any atom is -0.353 e. The summed E-state index contributed by atoms with van der Waals surface area (Å²) in [5.41, 5.74) is 0. The van der Waals surface area contributed by atoms with Gasteiger partial charge in [0.25, 0.3) is 5.95 Å². The van der Waals surface area contributed by atoms with Crippen LogP contribution in [0.25, 0.3) is 0 Å². The van der Waals surface area contributed by atoms with E-state index in [1.54, 1.807) is 0 Å². The predicted octanol–water partition coefficient (Wildman–Crippen LogP) is 0.824. The summed E-state index contributed by atoms with van der Waals surface area (Å²) < 4.78 is 39.2. The summed E-state index contributed by atoms with van der Waals surface area (Å²) in [6.07, 6.45) is 0. The van der Waals surface area contributed by atoms with Crippen LogP contribution in [0.3, 0.4) is 0 Å². The van der Waals surface area contributed by atoms with Gasteiger partial charge in [-0.15, -0.1) is 0 Å². The molecule has 1 amide bonds. The Morgan fingerprint density at radius 1 is 1.41 bits per heavy atom. The van der Waals surface area contributed by atoms with Gasteiger partial charge in [0.05, 0.1) is 0 Å². The first-order chi connectivity index (χ1) is 8.00. The van der Waals surface area contributed by atoms with E-state index in [4.69, 9.17) is 0 Å². The van der Waals surface area contributed by atoms with Gasteiger partial charge >= 0.3 is 0 Å². The zero-order valence-electron chi connectivity index (χ0n) is 9.01. The van der Waals surface area contributed by atoms with Crippen LogP contribution in [0.5, 0.6) is 0 Å². The lowest BCUT2D eigenvalue weighted by molar-refractivity contribution is -0.122. The normalized spacial score (nSPS) is 20.4. The first-order valence-electron chi connectivity index (χ1n) is 5.06. The molecule has 7 heteroatoms. The first kappa shape index (κ1) is 11.7. The monoisotopic (exact) mass is 245 g/mol. The summed E-state index contributed by atoms with van der Waals surface area (Å²) in [7, 11) is 0. The Bertz CT molecular complexity index is 466. The fraction of sp³-hybridized carbons (Fsp3) is 0.400. The molecule has 2 rings (SSSR count). The Morgan fingerprint density at radius 2 is 2.12 bits per heavy atom. The Morgan fingerprint density at radius 3 is 2.82 bits per heavy atom. The lowest BCUT2D eigenvalue weighted by Crippen LogP contribution is -2.54. The maximum Gasteiger partial charge on any atom is 0.251 e. The molecule has 92 valence electrons. The highest BCUT2D eigenvalue weighted by Crippen LogP contribution is 2.21. The Balaban J connectivity index is 2.39. The topological polar surface area (TPSA) is 45.2 Å². The maximum absolute atomic E-state index is 13.5. The summed E-state index contributed by atoms with van der Waals surface area (Å²) in [5, 5.41) is 2.58. The molecule has 1 unspecified atom stereocenters. The number of nitrogens with one attached hydrogen (secondary N) is 1. The van der Waals surface area contributed by atoms with Crippen molar-refractivity contribution in [3.63, 3.8) is 0 Å². The van der Waals surface area contributed by atoms with Crippen LogP contribution in [0.2, 0.25) is 0 Å². The highest BCUT2D eigenvalue weighted by Gasteiger charge is 2.29. The van der Waals surface area contributed by atoms with Gasteiger partial charge in [-0.05, 0) is 6.92 Å². The number of hydrogen-bond acceptors (Lipinski definition) is 3. The molecule has 1 atom stereocenters. The van der Waals surface area contributed by atoms with Crippen molar-refractivity contribution in [2.24, 2.45) is 0 Å². The number of nitrogens with zero attached hydrogens (tertiary/aromatic N) is 2. The first-order valence-corrected chi connectivity index (χ1v) is 5.06. The highest BCUT2D eigenvalue weighted by atomic mass is 19.2. The highest BCUT2D eigenvalue weighted by molar-refractivity contribution is 5.85. The zero-order valence-corrected chi connectivity index (χ0v) is 9.01. The number of pyridine rings is 1. The number of aromatic nitrogens is 1. The zero-order chi connectivity index (χ0) is 12.6. The van der Waals surface area contributed by atoms with E-state index in [1.807, 2.05) is 0 Å². The van der Waals surface area contributed by atoms with E-state index >= 15 is 0 Å². The predicted molar refractivity (Wildman–Crippen MR) is 53.9 cm³/mol. The summed E-state index contributed by atoms with van der Waals surface area (Å²) in [6.45, 7) is 2.14. The van der Waals surface area contributed by atoms with Gasteiger partial charge in [0.15, 0.2) is 17.5 Å². The molecular formula is C10H10F3N3O. The molecule has 0 saturated carbocycles. The standard InChI is InChI=1S/C10H10F3N3O/c1-5-10(17)14-2-3-16(5)9-7(12)4-6(11)8(13)15-9/h4-5H,2-3H2,1H3,(H,14,17). The van der Waals surface area contributed by atoms with Gasteiger partial charge in [-0.1, -0.05) is 0 Å².